The summed E-state index contributed by atoms with van der Waals surface area (Å²) < 4.78 is 81.0. The largest absolute Gasteiger partial charge is 0.434 e. The molecule has 40 heavy (non-hydrogen) atoms. The zero-order valence-corrected chi connectivity index (χ0v) is 22.5. The highest BCUT2D eigenvalue weighted by molar-refractivity contribution is 5.68. The Hall–Kier alpha value is -2.54. The van der Waals surface area contributed by atoms with Crippen molar-refractivity contribution < 1.29 is 40.7 Å². The predicted octanol–water partition coefficient (Wildman–Crippen LogP) is 4.77. The van der Waals surface area contributed by atoms with Gasteiger partial charge in [-0.25, -0.2) is 4.79 Å². The molecular weight excluding hydrogens is 542 g/mol. The number of aryl methyl sites for hydroxylation is 1. The van der Waals surface area contributed by atoms with Crippen molar-refractivity contribution in [3.05, 3.63) is 34.9 Å². The molecule has 224 valence electrons. The molecule has 0 bridgehead atoms. The summed E-state index contributed by atoms with van der Waals surface area (Å²) in [7, 11) is 0. The lowest BCUT2D eigenvalue weighted by Gasteiger charge is -2.45. The standard InChI is InChI=1S/C27H36F6N4O3/c1-19-3-4-20(21(15-19)16-35-11-5-22(6-12-35)34-18-38)17-37-10-2-7-25(37)8-13-36(14-9-25)24(39)40-23(26(28,29)30)27(31,32)33/h3-4,15,18,22-23H,2,5-14,16-17H2,1H3,(H,34,38). The Bertz CT molecular complexity index is 1020. The fourth-order valence-corrected chi connectivity index (χ4v) is 6.26. The molecule has 3 saturated heterocycles. The fraction of sp³-hybridized carbons (Fsp3) is 0.704. The van der Waals surface area contributed by atoms with E-state index in [-0.39, 0.29) is 24.7 Å². The maximum atomic E-state index is 12.9. The molecular formula is C27H36F6N4O3. The number of ether oxygens (including phenoxy) is 1. The minimum atomic E-state index is -5.73. The number of amides is 2. The van der Waals surface area contributed by atoms with Crippen molar-refractivity contribution in [1.29, 1.82) is 0 Å². The second kappa shape index (κ2) is 12.1. The van der Waals surface area contributed by atoms with Crippen molar-refractivity contribution in [3.63, 3.8) is 0 Å². The molecule has 3 heterocycles. The molecule has 13 heteroatoms. The van der Waals surface area contributed by atoms with Crippen LogP contribution in [-0.4, -0.2) is 90.0 Å². The van der Waals surface area contributed by atoms with Gasteiger partial charge in [-0.05, 0) is 63.1 Å². The van der Waals surface area contributed by atoms with E-state index in [4.69, 9.17) is 0 Å². The van der Waals surface area contributed by atoms with Gasteiger partial charge in [-0.2, -0.15) is 26.3 Å². The number of hydrogen-bond acceptors (Lipinski definition) is 5. The molecule has 0 aliphatic carbocycles. The zero-order chi connectivity index (χ0) is 29.1. The monoisotopic (exact) mass is 578 g/mol. The number of benzene rings is 1. The molecule has 3 fully saturated rings. The second-order valence-electron chi connectivity index (χ2n) is 11.2. The number of carbonyl (C=O) groups is 2. The highest BCUT2D eigenvalue weighted by Crippen LogP contribution is 2.41. The summed E-state index contributed by atoms with van der Waals surface area (Å²) in [5.74, 6) is 0. The first kappa shape index (κ1) is 30.4. The van der Waals surface area contributed by atoms with Gasteiger partial charge in [0.25, 0.3) is 6.10 Å². The van der Waals surface area contributed by atoms with E-state index in [1.165, 1.54) is 11.1 Å². The molecule has 1 aromatic rings. The predicted molar refractivity (Wildman–Crippen MR) is 134 cm³/mol. The van der Waals surface area contributed by atoms with Crippen LogP contribution in [0.3, 0.4) is 0 Å². The molecule has 3 aliphatic heterocycles. The maximum Gasteiger partial charge on any atom is 0.434 e. The van der Waals surface area contributed by atoms with E-state index in [0.29, 0.717) is 19.4 Å². The van der Waals surface area contributed by atoms with E-state index in [1.54, 1.807) is 0 Å². The average molecular weight is 579 g/mol. The maximum absolute atomic E-state index is 12.9. The van der Waals surface area contributed by atoms with Gasteiger partial charge in [0.05, 0.1) is 0 Å². The minimum Gasteiger partial charge on any atom is -0.426 e. The third-order valence-electron chi connectivity index (χ3n) is 8.51. The van der Waals surface area contributed by atoms with Gasteiger partial charge >= 0.3 is 18.4 Å². The first-order valence-corrected chi connectivity index (χ1v) is 13.7. The Morgan fingerprint density at radius 1 is 1.00 bits per heavy atom. The fourth-order valence-electron chi connectivity index (χ4n) is 6.26. The highest BCUT2D eigenvalue weighted by Gasteiger charge is 2.60. The Kier molecular flexibility index (Phi) is 9.23. The number of halogens is 6. The van der Waals surface area contributed by atoms with Crippen molar-refractivity contribution in [2.24, 2.45) is 0 Å². The normalized spacial score (nSPS) is 21.2. The number of carbonyl (C=O) groups excluding carboxylic acids is 2. The molecule has 1 N–H and O–H groups in total. The summed E-state index contributed by atoms with van der Waals surface area (Å²) >= 11 is 0. The average Bonchev–Trinajstić information content (AvgIpc) is 3.25. The highest BCUT2D eigenvalue weighted by atomic mass is 19.4. The van der Waals surface area contributed by atoms with E-state index in [2.05, 4.69) is 38.1 Å². The number of alkyl halides is 6. The molecule has 0 radical (unpaired) electrons. The van der Waals surface area contributed by atoms with Crippen LogP contribution in [0.25, 0.3) is 0 Å². The van der Waals surface area contributed by atoms with Crippen LogP contribution in [0.5, 0.6) is 0 Å². The van der Waals surface area contributed by atoms with Crippen molar-refractivity contribution in [2.75, 3.05) is 32.7 Å². The quantitative estimate of drug-likeness (QED) is 0.373. The molecule has 0 unspecified atom stereocenters. The third kappa shape index (κ3) is 7.20. The summed E-state index contributed by atoms with van der Waals surface area (Å²) in [6, 6.07) is 6.58. The van der Waals surface area contributed by atoms with Gasteiger partial charge in [0, 0.05) is 50.8 Å². The molecule has 2 amide bonds. The number of nitrogens with one attached hydrogen (secondary N) is 1. The second-order valence-corrected chi connectivity index (χ2v) is 11.2. The number of hydrogen-bond donors (Lipinski definition) is 1. The lowest BCUT2D eigenvalue weighted by atomic mass is 9.84. The van der Waals surface area contributed by atoms with Crippen LogP contribution in [-0.2, 0) is 22.6 Å². The van der Waals surface area contributed by atoms with Gasteiger partial charge in [-0.1, -0.05) is 23.8 Å². The Labute approximate surface area is 229 Å². The zero-order valence-electron chi connectivity index (χ0n) is 22.5. The Morgan fingerprint density at radius 2 is 1.65 bits per heavy atom. The first-order valence-electron chi connectivity index (χ1n) is 13.7. The van der Waals surface area contributed by atoms with Crippen LogP contribution in [0.1, 0.15) is 55.2 Å². The topological polar surface area (TPSA) is 65.1 Å². The van der Waals surface area contributed by atoms with E-state index in [1.807, 2.05) is 6.92 Å². The molecule has 0 atom stereocenters. The van der Waals surface area contributed by atoms with Crippen LogP contribution >= 0.6 is 0 Å². The first-order chi connectivity index (χ1) is 18.8. The summed E-state index contributed by atoms with van der Waals surface area (Å²) in [5, 5.41) is 2.86. The molecule has 3 aliphatic rings. The smallest absolute Gasteiger partial charge is 0.426 e. The van der Waals surface area contributed by atoms with Crippen LogP contribution < -0.4 is 5.32 Å². The summed E-state index contributed by atoms with van der Waals surface area (Å²) in [6.45, 7) is 6.14. The van der Waals surface area contributed by atoms with E-state index in [9.17, 15) is 35.9 Å². The lowest BCUT2D eigenvalue weighted by molar-refractivity contribution is -0.308. The Morgan fingerprint density at radius 3 is 2.25 bits per heavy atom. The van der Waals surface area contributed by atoms with Gasteiger partial charge in [0.2, 0.25) is 6.41 Å². The van der Waals surface area contributed by atoms with Crippen LogP contribution in [0.4, 0.5) is 31.1 Å². The van der Waals surface area contributed by atoms with Crippen LogP contribution in [0.2, 0.25) is 0 Å². The molecule has 0 saturated carbocycles. The summed E-state index contributed by atoms with van der Waals surface area (Å²) in [6.07, 6.45) is -12.0. The van der Waals surface area contributed by atoms with Gasteiger partial charge in [0.15, 0.2) is 0 Å². The van der Waals surface area contributed by atoms with Crippen LogP contribution in [0, 0.1) is 6.92 Å². The summed E-state index contributed by atoms with van der Waals surface area (Å²) in [5.41, 5.74) is 3.27. The van der Waals surface area contributed by atoms with E-state index >= 15 is 0 Å². The molecule has 1 aromatic carbocycles. The van der Waals surface area contributed by atoms with E-state index < -0.39 is 24.5 Å². The van der Waals surface area contributed by atoms with Crippen molar-refractivity contribution >= 4 is 12.5 Å². The number of rotatable bonds is 7. The molecule has 4 rings (SSSR count). The molecule has 7 nitrogen and oxygen atoms in total. The lowest BCUT2D eigenvalue weighted by Crippen LogP contribution is -2.54. The number of piperidine rings is 2. The summed E-state index contributed by atoms with van der Waals surface area (Å²) in [4.78, 5) is 28.7. The molecule has 0 aromatic heterocycles. The number of nitrogens with zero attached hydrogens (tertiary/aromatic N) is 3. The Balaban J connectivity index is 1.38. The van der Waals surface area contributed by atoms with Gasteiger partial charge in [-0.15, -0.1) is 0 Å². The van der Waals surface area contributed by atoms with Crippen molar-refractivity contribution in [2.45, 2.75) is 88.6 Å². The van der Waals surface area contributed by atoms with Gasteiger partial charge in [-0.3, -0.25) is 14.6 Å². The van der Waals surface area contributed by atoms with Crippen molar-refractivity contribution in [3.8, 4) is 0 Å². The van der Waals surface area contributed by atoms with Crippen molar-refractivity contribution in [1.82, 2.24) is 20.0 Å². The van der Waals surface area contributed by atoms with Gasteiger partial charge in [0.1, 0.15) is 0 Å². The minimum absolute atomic E-state index is 0.0301. The number of likely N-dealkylation sites (tertiary alicyclic amines) is 3. The molecule has 1 spiro atoms. The third-order valence-corrected chi connectivity index (χ3v) is 8.51. The van der Waals surface area contributed by atoms with Crippen LogP contribution in [0.15, 0.2) is 18.2 Å². The van der Waals surface area contributed by atoms with Gasteiger partial charge < -0.3 is 15.0 Å². The van der Waals surface area contributed by atoms with E-state index in [0.717, 1.165) is 68.7 Å². The SMILES string of the molecule is Cc1ccc(CN2CCCC23CCN(C(=O)OC(C(F)(F)F)C(F)(F)F)CC3)c(CN2CCC(NC=O)CC2)c1.